The number of aliphatic hydroxyl groups excluding tert-OH is 1. The Bertz CT molecular complexity index is 275. The number of carbonyl (C=O) groups excluding carboxylic acids is 3. The zero-order valence-corrected chi connectivity index (χ0v) is 13.7. The molecule has 0 aromatic heterocycles. The Kier molecular flexibility index (Phi) is 16.2. The minimum absolute atomic E-state index is 0.204. The summed E-state index contributed by atoms with van der Waals surface area (Å²) in [4.78, 5) is 28.0. The second-order valence-corrected chi connectivity index (χ2v) is 6.29. The molecular formula is C12H22O6S2. The van der Waals surface area contributed by atoms with E-state index in [2.05, 4.69) is 6.92 Å². The van der Waals surface area contributed by atoms with Crippen molar-refractivity contribution in [3.05, 3.63) is 0 Å². The maximum Gasteiger partial charge on any atom is 0.373 e. The fourth-order valence-electron chi connectivity index (χ4n) is 1.20. The number of ether oxygens (including phenoxy) is 2. The first-order valence-corrected chi connectivity index (χ1v) is 8.66. The second kappa shape index (κ2) is 14.9. The van der Waals surface area contributed by atoms with E-state index in [0.717, 1.165) is 5.75 Å². The van der Waals surface area contributed by atoms with Crippen LogP contribution in [0.2, 0.25) is 0 Å². The van der Waals surface area contributed by atoms with E-state index < -0.39 is 5.41 Å². The van der Waals surface area contributed by atoms with Crippen LogP contribution in [0.5, 0.6) is 0 Å². The van der Waals surface area contributed by atoms with E-state index in [0.29, 0.717) is 19.0 Å². The van der Waals surface area contributed by atoms with Crippen LogP contribution in [0.1, 0.15) is 27.2 Å². The highest BCUT2D eigenvalue weighted by molar-refractivity contribution is 8.76. The van der Waals surface area contributed by atoms with Gasteiger partial charge in [0.05, 0.1) is 19.8 Å². The molecule has 0 spiro atoms. The highest BCUT2D eigenvalue weighted by atomic mass is 33.1. The van der Waals surface area contributed by atoms with Gasteiger partial charge in [-0.2, -0.15) is 9.59 Å². The molecular weight excluding hydrogens is 304 g/mol. The van der Waals surface area contributed by atoms with E-state index in [9.17, 15) is 9.90 Å². The first-order valence-electron chi connectivity index (χ1n) is 6.17. The molecule has 0 bridgehead atoms. The molecule has 0 aliphatic rings. The Hall–Kier alpha value is -0.530. The van der Waals surface area contributed by atoms with Crippen molar-refractivity contribution in [2.45, 2.75) is 27.2 Å². The van der Waals surface area contributed by atoms with Crippen LogP contribution in [0.4, 0.5) is 0 Å². The zero-order valence-electron chi connectivity index (χ0n) is 12.0. The molecule has 0 aromatic rings. The van der Waals surface area contributed by atoms with Gasteiger partial charge in [0.15, 0.2) is 0 Å². The Balaban J connectivity index is 0. The number of carbonyl (C=O) groups is 1. The van der Waals surface area contributed by atoms with Crippen molar-refractivity contribution in [1.29, 1.82) is 0 Å². The van der Waals surface area contributed by atoms with Gasteiger partial charge >= 0.3 is 12.1 Å². The van der Waals surface area contributed by atoms with Crippen LogP contribution in [-0.2, 0) is 23.9 Å². The molecule has 0 aliphatic heterocycles. The van der Waals surface area contributed by atoms with Gasteiger partial charge in [-0.3, -0.25) is 4.79 Å². The SMILES string of the molecule is CCOC(=O)C(CC)(CO)COCSSCC.O=C=O. The highest BCUT2D eigenvalue weighted by Crippen LogP contribution is 2.26. The van der Waals surface area contributed by atoms with Crippen molar-refractivity contribution in [2.24, 2.45) is 5.41 Å². The van der Waals surface area contributed by atoms with E-state index in [1.165, 1.54) is 0 Å². The normalized spacial score (nSPS) is 12.6. The van der Waals surface area contributed by atoms with Crippen LogP contribution in [0.3, 0.4) is 0 Å². The van der Waals surface area contributed by atoms with E-state index in [-0.39, 0.29) is 25.3 Å². The number of hydrogen-bond acceptors (Lipinski definition) is 8. The van der Waals surface area contributed by atoms with Gasteiger partial charge in [0.1, 0.15) is 11.4 Å². The van der Waals surface area contributed by atoms with E-state index in [1.807, 2.05) is 6.92 Å². The number of esters is 1. The molecule has 20 heavy (non-hydrogen) atoms. The average Bonchev–Trinajstić information content (AvgIpc) is 2.44. The van der Waals surface area contributed by atoms with Gasteiger partial charge in [-0.05, 0) is 13.3 Å². The lowest BCUT2D eigenvalue weighted by atomic mass is 9.87. The zero-order chi connectivity index (χ0) is 15.9. The van der Waals surface area contributed by atoms with Gasteiger partial charge in [0.2, 0.25) is 0 Å². The van der Waals surface area contributed by atoms with Crippen molar-refractivity contribution < 1.29 is 29.0 Å². The summed E-state index contributed by atoms with van der Waals surface area (Å²) < 4.78 is 10.4. The summed E-state index contributed by atoms with van der Waals surface area (Å²) in [6, 6.07) is 0. The van der Waals surface area contributed by atoms with Gasteiger partial charge < -0.3 is 14.6 Å². The molecule has 118 valence electrons. The lowest BCUT2D eigenvalue weighted by Gasteiger charge is -2.27. The summed E-state index contributed by atoms with van der Waals surface area (Å²) in [5.74, 6) is 1.16. The Morgan fingerprint density at radius 1 is 1.25 bits per heavy atom. The first-order chi connectivity index (χ1) is 9.58. The lowest BCUT2D eigenvalue weighted by Crippen LogP contribution is -2.40. The second-order valence-electron chi connectivity index (χ2n) is 3.59. The molecule has 0 saturated carbocycles. The van der Waals surface area contributed by atoms with Crippen LogP contribution in [0, 0.1) is 5.41 Å². The smallest absolute Gasteiger partial charge is 0.373 e. The number of hydrogen-bond donors (Lipinski definition) is 1. The molecule has 0 aliphatic carbocycles. The maximum absolute atomic E-state index is 11.8. The van der Waals surface area contributed by atoms with Crippen molar-refractivity contribution in [3.8, 4) is 0 Å². The van der Waals surface area contributed by atoms with E-state index in [4.69, 9.17) is 19.1 Å². The Morgan fingerprint density at radius 2 is 1.85 bits per heavy atom. The van der Waals surface area contributed by atoms with Crippen molar-refractivity contribution in [3.63, 3.8) is 0 Å². The van der Waals surface area contributed by atoms with Crippen LogP contribution in [0.25, 0.3) is 0 Å². The molecule has 0 fully saturated rings. The van der Waals surface area contributed by atoms with Gasteiger partial charge in [0.25, 0.3) is 0 Å². The van der Waals surface area contributed by atoms with Crippen LogP contribution >= 0.6 is 21.6 Å². The third kappa shape index (κ3) is 9.39. The highest BCUT2D eigenvalue weighted by Gasteiger charge is 2.38. The Labute approximate surface area is 127 Å². The fourth-order valence-corrected chi connectivity index (χ4v) is 2.49. The van der Waals surface area contributed by atoms with Gasteiger partial charge in [-0.1, -0.05) is 35.4 Å². The molecule has 0 radical (unpaired) electrons. The lowest BCUT2D eigenvalue weighted by molar-refractivity contribution is -0.191. The topological polar surface area (TPSA) is 89.9 Å². The van der Waals surface area contributed by atoms with Gasteiger partial charge in [0, 0.05) is 5.75 Å². The summed E-state index contributed by atoms with van der Waals surface area (Å²) in [5.41, 5.74) is -0.909. The summed E-state index contributed by atoms with van der Waals surface area (Å²) >= 11 is 0. The quantitative estimate of drug-likeness (QED) is 0.281. The van der Waals surface area contributed by atoms with Gasteiger partial charge in [-0.15, -0.1) is 0 Å². The molecule has 0 saturated heterocycles. The molecule has 0 heterocycles. The summed E-state index contributed by atoms with van der Waals surface area (Å²) in [6.07, 6.45) is 0.758. The van der Waals surface area contributed by atoms with Crippen molar-refractivity contribution in [2.75, 3.05) is 31.5 Å². The van der Waals surface area contributed by atoms with Gasteiger partial charge in [-0.25, -0.2) is 0 Å². The summed E-state index contributed by atoms with van der Waals surface area (Å²) in [7, 11) is 3.31. The third-order valence-corrected chi connectivity index (χ3v) is 4.56. The van der Waals surface area contributed by atoms with Crippen molar-refractivity contribution >= 4 is 33.7 Å². The molecule has 1 N–H and O–H groups in total. The summed E-state index contributed by atoms with van der Waals surface area (Å²) in [6.45, 7) is 5.96. The monoisotopic (exact) mass is 326 g/mol. The molecule has 0 amide bonds. The third-order valence-electron chi connectivity index (χ3n) is 2.40. The Morgan fingerprint density at radius 3 is 2.25 bits per heavy atom. The number of rotatable bonds is 10. The molecule has 1 unspecified atom stereocenters. The largest absolute Gasteiger partial charge is 0.465 e. The average molecular weight is 326 g/mol. The number of aliphatic hydroxyl groups is 1. The van der Waals surface area contributed by atoms with E-state index in [1.54, 1.807) is 28.5 Å². The predicted molar refractivity (Wildman–Crippen MR) is 78.0 cm³/mol. The first kappa shape index (κ1) is 21.8. The van der Waals surface area contributed by atoms with Crippen LogP contribution in [-0.4, -0.2) is 48.7 Å². The minimum atomic E-state index is -0.909. The fraction of sp³-hybridized carbons (Fsp3) is 0.833. The van der Waals surface area contributed by atoms with Crippen molar-refractivity contribution in [1.82, 2.24) is 0 Å². The molecule has 8 heteroatoms. The molecule has 6 nitrogen and oxygen atoms in total. The minimum Gasteiger partial charge on any atom is -0.465 e. The van der Waals surface area contributed by atoms with E-state index >= 15 is 0 Å². The standard InChI is InChI=1S/C11H22O4S2.CO2/c1-4-11(7-12,10(13)15-5-2)8-14-9-17-16-6-3;2-1-3/h12H,4-9H2,1-3H3;. The summed E-state index contributed by atoms with van der Waals surface area (Å²) in [5, 5.41) is 9.38. The van der Waals surface area contributed by atoms with Crippen LogP contribution in [0.15, 0.2) is 0 Å². The van der Waals surface area contributed by atoms with Crippen LogP contribution < -0.4 is 0 Å². The predicted octanol–water partition coefficient (Wildman–Crippen LogP) is 1.73. The molecule has 0 aromatic carbocycles. The molecule has 0 rings (SSSR count). The molecule has 1 atom stereocenters. The maximum atomic E-state index is 11.8.